The zero-order chi connectivity index (χ0) is 14.7. The third-order valence-electron chi connectivity index (χ3n) is 2.62. The number of amides is 1. The molecule has 0 saturated heterocycles. The number of carbonyl (C=O) groups is 1. The predicted molar refractivity (Wildman–Crippen MR) is 70.2 cm³/mol. The van der Waals surface area contributed by atoms with Crippen LogP contribution in [0.2, 0.25) is 0 Å². The number of aryl methyl sites for hydroxylation is 1. The molecular formula is C12H12N4O4. The van der Waals surface area contributed by atoms with Gasteiger partial charge in [-0.1, -0.05) is 5.16 Å². The van der Waals surface area contributed by atoms with E-state index < -0.39 is 10.8 Å². The van der Waals surface area contributed by atoms with Gasteiger partial charge in [0.2, 0.25) is 5.91 Å². The van der Waals surface area contributed by atoms with Gasteiger partial charge in [0.05, 0.1) is 11.5 Å². The summed E-state index contributed by atoms with van der Waals surface area (Å²) in [5.74, 6) is -0.0628. The van der Waals surface area contributed by atoms with Crippen molar-refractivity contribution in [2.75, 3.05) is 5.32 Å². The van der Waals surface area contributed by atoms with Crippen molar-refractivity contribution < 1.29 is 14.2 Å². The Morgan fingerprint density at radius 3 is 2.80 bits per heavy atom. The molecule has 1 aromatic carbocycles. The Bertz CT molecular complexity index is 665. The van der Waals surface area contributed by atoms with Crippen LogP contribution in [-0.4, -0.2) is 16.0 Å². The van der Waals surface area contributed by atoms with Crippen LogP contribution in [0.5, 0.6) is 0 Å². The Balaban J connectivity index is 2.22. The minimum Gasteiger partial charge on any atom is -0.374 e. The lowest BCUT2D eigenvalue weighted by Crippen LogP contribution is -2.12. The number of nitro groups is 1. The van der Waals surface area contributed by atoms with Crippen LogP contribution < -0.4 is 11.1 Å². The van der Waals surface area contributed by atoms with Gasteiger partial charge in [-0.3, -0.25) is 14.9 Å². The van der Waals surface area contributed by atoms with Gasteiger partial charge in [-0.25, -0.2) is 0 Å². The number of aromatic nitrogens is 1. The van der Waals surface area contributed by atoms with Crippen LogP contribution in [0.1, 0.15) is 21.8 Å². The Morgan fingerprint density at radius 1 is 1.50 bits per heavy atom. The molecule has 0 aliphatic heterocycles. The van der Waals surface area contributed by atoms with Gasteiger partial charge in [-0.15, -0.1) is 0 Å². The van der Waals surface area contributed by atoms with Crippen LogP contribution in [0.25, 0.3) is 0 Å². The number of hydrogen-bond acceptors (Lipinski definition) is 6. The van der Waals surface area contributed by atoms with E-state index in [-0.39, 0.29) is 23.5 Å². The highest BCUT2D eigenvalue weighted by Gasteiger charge is 2.16. The van der Waals surface area contributed by atoms with Crippen LogP contribution in [-0.2, 0) is 6.54 Å². The van der Waals surface area contributed by atoms with E-state index >= 15 is 0 Å². The van der Waals surface area contributed by atoms with E-state index in [9.17, 15) is 14.9 Å². The van der Waals surface area contributed by atoms with E-state index in [0.29, 0.717) is 11.5 Å². The molecule has 104 valence electrons. The van der Waals surface area contributed by atoms with Gasteiger partial charge in [0.15, 0.2) is 0 Å². The summed E-state index contributed by atoms with van der Waals surface area (Å²) in [6.07, 6.45) is 0. The highest BCUT2D eigenvalue weighted by Crippen LogP contribution is 2.26. The molecule has 3 N–H and O–H groups in total. The van der Waals surface area contributed by atoms with E-state index in [1.807, 2.05) is 0 Å². The van der Waals surface area contributed by atoms with Gasteiger partial charge in [-0.05, 0) is 19.1 Å². The van der Waals surface area contributed by atoms with E-state index in [1.54, 1.807) is 13.0 Å². The highest BCUT2D eigenvalue weighted by atomic mass is 16.6. The zero-order valence-electron chi connectivity index (χ0n) is 10.6. The molecule has 8 nitrogen and oxygen atoms in total. The summed E-state index contributed by atoms with van der Waals surface area (Å²) >= 11 is 0. The Morgan fingerprint density at radius 2 is 2.25 bits per heavy atom. The Hall–Kier alpha value is -2.90. The monoisotopic (exact) mass is 276 g/mol. The number of hydrogen-bond donors (Lipinski definition) is 2. The maximum absolute atomic E-state index is 11.0. The van der Waals surface area contributed by atoms with Crippen LogP contribution in [0.4, 0.5) is 11.4 Å². The maximum atomic E-state index is 11.0. The number of nitrogens with one attached hydrogen (secondary N) is 1. The first-order valence-corrected chi connectivity index (χ1v) is 5.71. The Labute approximate surface area is 113 Å². The average molecular weight is 276 g/mol. The highest BCUT2D eigenvalue weighted by molar-refractivity contribution is 5.94. The number of carbonyl (C=O) groups excluding carboxylic acids is 1. The molecule has 0 bridgehead atoms. The first-order chi connectivity index (χ1) is 9.47. The van der Waals surface area contributed by atoms with Crippen molar-refractivity contribution in [3.63, 3.8) is 0 Å². The molecular weight excluding hydrogens is 264 g/mol. The number of rotatable bonds is 5. The minimum absolute atomic E-state index is 0.0829. The lowest BCUT2D eigenvalue weighted by molar-refractivity contribution is -0.384. The summed E-state index contributed by atoms with van der Waals surface area (Å²) in [7, 11) is 0. The van der Waals surface area contributed by atoms with Crippen LogP contribution in [0.15, 0.2) is 28.8 Å². The fraction of sp³-hybridized carbons (Fsp3) is 0.167. The molecule has 0 saturated carbocycles. The fourth-order valence-corrected chi connectivity index (χ4v) is 1.67. The van der Waals surface area contributed by atoms with Gasteiger partial charge in [0.25, 0.3) is 5.69 Å². The molecule has 0 unspecified atom stereocenters. The fourth-order valence-electron chi connectivity index (χ4n) is 1.67. The molecule has 0 spiro atoms. The normalized spacial score (nSPS) is 10.2. The van der Waals surface area contributed by atoms with Crippen molar-refractivity contribution in [2.24, 2.45) is 5.73 Å². The molecule has 2 aromatic rings. The number of anilines is 1. The molecule has 0 fully saturated rings. The largest absolute Gasteiger partial charge is 0.374 e. The molecule has 0 aliphatic rings. The minimum atomic E-state index is -0.716. The van der Waals surface area contributed by atoms with Gasteiger partial charge in [-0.2, -0.15) is 0 Å². The quantitative estimate of drug-likeness (QED) is 0.631. The molecule has 2 rings (SSSR count). The van der Waals surface area contributed by atoms with Gasteiger partial charge in [0, 0.05) is 17.7 Å². The van der Waals surface area contributed by atoms with Gasteiger partial charge in [0.1, 0.15) is 17.1 Å². The number of primary amides is 1. The second kappa shape index (κ2) is 5.39. The lowest BCUT2D eigenvalue weighted by atomic mass is 10.1. The van der Waals surface area contributed by atoms with Crippen molar-refractivity contribution >= 4 is 17.3 Å². The second-order valence-electron chi connectivity index (χ2n) is 4.14. The van der Waals surface area contributed by atoms with Crippen molar-refractivity contribution in [1.82, 2.24) is 5.16 Å². The zero-order valence-corrected chi connectivity index (χ0v) is 10.6. The lowest BCUT2D eigenvalue weighted by Gasteiger charge is -2.06. The molecule has 8 heteroatoms. The van der Waals surface area contributed by atoms with Crippen molar-refractivity contribution in [1.29, 1.82) is 0 Å². The van der Waals surface area contributed by atoms with Crippen molar-refractivity contribution in [3.8, 4) is 0 Å². The molecule has 1 amide bonds. The van der Waals surface area contributed by atoms with Gasteiger partial charge >= 0.3 is 0 Å². The van der Waals surface area contributed by atoms with Crippen LogP contribution in [0, 0.1) is 17.0 Å². The molecule has 0 atom stereocenters. The Kier molecular flexibility index (Phi) is 3.65. The standard InChI is InChI=1S/C12H12N4O4/c1-7-4-9(15-20-7)6-14-10-3-2-8(12(13)17)5-11(10)16(18)19/h2-5,14H,6H2,1H3,(H2,13,17). The summed E-state index contributed by atoms with van der Waals surface area (Å²) in [6, 6.07) is 5.71. The smallest absolute Gasteiger partial charge is 0.293 e. The summed E-state index contributed by atoms with van der Waals surface area (Å²) in [6.45, 7) is 2.02. The average Bonchev–Trinajstić information content (AvgIpc) is 2.81. The summed E-state index contributed by atoms with van der Waals surface area (Å²) in [5.41, 5.74) is 5.86. The third-order valence-corrected chi connectivity index (χ3v) is 2.62. The van der Waals surface area contributed by atoms with Crippen molar-refractivity contribution in [2.45, 2.75) is 13.5 Å². The van der Waals surface area contributed by atoms with E-state index in [2.05, 4.69) is 10.5 Å². The summed E-state index contributed by atoms with van der Waals surface area (Å²) in [4.78, 5) is 21.4. The van der Waals surface area contributed by atoms with Crippen LogP contribution in [0.3, 0.4) is 0 Å². The number of nitrogens with two attached hydrogens (primary N) is 1. The van der Waals surface area contributed by atoms with E-state index in [4.69, 9.17) is 10.3 Å². The number of nitro benzene ring substituents is 1. The second-order valence-corrected chi connectivity index (χ2v) is 4.14. The van der Waals surface area contributed by atoms with Crippen LogP contribution >= 0.6 is 0 Å². The first kappa shape index (κ1) is 13.5. The van der Waals surface area contributed by atoms with E-state index in [0.717, 1.165) is 6.07 Å². The van der Waals surface area contributed by atoms with Gasteiger partial charge < -0.3 is 15.6 Å². The maximum Gasteiger partial charge on any atom is 0.293 e. The molecule has 1 aromatic heterocycles. The number of nitrogens with zero attached hydrogens (tertiary/aromatic N) is 2. The summed E-state index contributed by atoms with van der Waals surface area (Å²) in [5, 5.41) is 17.6. The molecule has 0 aliphatic carbocycles. The topological polar surface area (TPSA) is 124 Å². The number of benzene rings is 1. The SMILES string of the molecule is Cc1cc(CNc2ccc(C(N)=O)cc2[N+](=O)[O-])no1. The van der Waals surface area contributed by atoms with E-state index in [1.165, 1.54) is 12.1 Å². The first-order valence-electron chi connectivity index (χ1n) is 5.71. The molecule has 20 heavy (non-hydrogen) atoms. The molecule has 0 radical (unpaired) electrons. The summed E-state index contributed by atoms with van der Waals surface area (Å²) < 4.78 is 4.90. The van der Waals surface area contributed by atoms with Crippen molar-refractivity contribution in [3.05, 3.63) is 51.4 Å². The predicted octanol–water partition coefficient (Wildman–Crippen LogP) is 1.60. The molecule has 1 heterocycles. The third kappa shape index (κ3) is 2.91.